The SMILES string of the molecule is C[C@@H]1NC(=O)[C@@H]2CNCCN2C1=O. The Morgan fingerprint density at radius 2 is 2.23 bits per heavy atom. The monoisotopic (exact) mass is 183 g/mol. The highest BCUT2D eigenvalue weighted by Crippen LogP contribution is 2.11. The summed E-state index contributed by atoms with van der Waals surface area (Å²) >= 11 is 0. The molecule has 0 radical (unpaired) electrons. The van der Waals surface area contributed by atoms with Gasteiger partial charge in [-0.05, 0) is 6.92 Å². The van der Waals surface area contributed by atoms with E-state index in [1.807, 2.05) is 0 Å². The summed E-state index contributed by atoms with van der Waals surface area (Å²) in [6.45, 7) is 3.71. The van der Waals surface area contributed by atoms with E-state index in [-0.39, 0.29) is 23.9 Å². The molecule has 0 unspecified atom stereocenters. The fourth-order valence-electron chi connectivity index (χ4n) is 1.82. The molecule has 2 heterocycles. The van der Waals surface area contributed by atoms with Gasteiger partial charge in [0.2, 0.25) is 11.8 Å². The third-order valence-electron chi connectivity index (χ3n) is 2.56. The fraction of sp³-hybridized carbons (Fsp3) is 0.750. The Morgan fingerprint density at radius 1 is 1.46 bits per heavy atom. The van der Waals surface area contributed by atoms with Crippen molar-refractivity contribution in [3.8, 4) is 0 Å². The van der Waals surface area contributed by atoms with Crippen LogP contribution in [0.3, 0.4) is 0 Å². The molecule has 0 aromatic heterocycles. The van der Waals surface area contributed by atoms with Crippen molar-refractivity contribution in [2.75, 3.05) is 19.6 Å². The summed E-state index contributed by atoms with van der Waals surface area (Å²) < 4.78 is 0. The van der Waals surface area contributed by atoms with E-state index in [0.717, 1.165) is 6.54 Å². The fourth-order valence-corrected chi connectivity index (χ4v) is 1.82. The molecular formula is C8H13N3O2. The largest absolute Gasteiger partial charge is 0.343 e. The zero-order chi connectivity index (χ0) is 9.42. The highest BCUT2D eigenvalue weighted by Gasteiger charge is 2.39. The van der Waals surface area contributed by atoms with Gasteiger partial charge < -0.3 is 15.5 Å². The number of fused-ring (bicyclic) bond motifs is 1. The van der Waals surface area contributed by atoms with Crippen LogP contribution in [0.4, 0.5) is 0 Å². The van der Waals surface area contributed by atoms with Gasteiger partial charge in [-0.1, -0.05) is 0 Å². The number of carbonyl (C=O) groups is 2. The molecule has 2 rings (SSSR count). The van der Waals surface area contributed by atoms with Crippen molar-refractivity contribution in [3.05, 3.63) is 0 Å². The lowest BCUT2D eigenvalue weighted by atomic mass is 10.1. The summed E-state index contributed by atoms with van der Waals surface area (Å²) in [7, 11) is 0. The summed E-state index contributed by atoms with van der Waals surface area (Å²) in [5.74, 6) is -0.00889. The quantitative estimate of drug-likeness (QED) is 0.471. The predicted molar refractivity (Wildman–Crippen MR) is 46.0 cm³/mol. The molecule has 2 atom stereocenters. The van der Waals surface area contributed by atoms with Crippen LogP contribution >= 0.6 is 0 Å². The van der Waals surface area contributed by atoms with Crippen LogP contribution in [0.1, 0.15) is 6.92 Å². The van der Waals surface area contributed by atoms with Crippen molar-refractivity contribution in [2.45, 2.75) is 19.0 Å². The van der Waals surface area contributed by atoms with Gasteiger partial charge in [-0.3, -0.25) is 9.59 Å². The second-order valence-corrected chi connectivity index (χ2v) is 3.48. The van der Waals surface area contributed by atoms with Crippen molar-refractivity contribution in [1.82, 2.24) is 15.5 Å². The Labute approximate surface area is 76.5 Å². The number of nitrogens with one attached hydrogen (secondary N) is 2. The van der Waals surface area contributed by atoms with E-state index in [0.29, 0.717) is 13.1 Å². The number of carbonyl (C=O) groups excluding carboxylic acids is 2. The highest BCUT2D eigenvalue weighted by molar-refractivity contribution is 5.97. The number of rotatable bonds is 0. The first-order valence-electron chi connectivity index (χ1n) is 4.52. The molecule has 2 aliphatic rings. The third-order valence-corrected chi connectivity index (χ3v) is 2.56. The minimum atomic E-state index is -0.359. The summed E-state index contributed by atoms with van der Waals surface area (Å²) in [6, 6.07) is -0.653. The van der Waals surface area contributed by atoms with Crippen LogP contribution in [0, 0.1) is 0 Å². The van der Waals surface area contributed by atoms with E-state index in [1.165, 1.54) is 0 Å². The van der Waals surface area contributed by atoms with E-state index in [2.05, 4.69) is 10.6 Å². The van der Waals surface area contributed by atoms with E-state index < -0.39 is 0 Å². The zero-order valence-electron chi connectivity index (χ0n) is 7.54. The van der Waals surface area contributed by atoms with Gasteiger partial charge in [-0.2, -0.15) is 0 Å². The Bertz CT molecular complexity index is 254. The lowest BCUT2D eigenvalue weighted by Gasteiger charge is -2.40. The number of hydrogen-bond acceptors (Lipinski definition) is 3. The molecule has 2 aliphatic heterocycles. The molecule has 0 aliphatic carbocycles. The number of amides is 2. The Kier molecular flexibility index (Phi) is 1.95. The first kappa shape index (κ1) is 8.50. The maximum absolute atomic E-state index is 11.6. The normalized spacial score (nSPS) is 34.1. The van der Waals surface area contributed by atoms with Crippen LogP contribution < -0.4 is 10.6 Å². The molecule has 5 heteroatoms. The Morgan fingerprint density at radius 3 is 3.00 bits per heavy atom. The maximum Gasteiger partial charge on any atom is 0.245 e. The summed E-state index contributed by atoms with van der Waals surface area (Å²) in [5, 5.41) is 5.75. The van der Waals surface area contributed by atoms with Gasteiger partial charge in [0.05, 0.1) is 0 Å². The lowest BCUT2D eigenvalue weighted by Crippen LogP contribution is -2.68. The molecule has 2 N–H and O–H groups in total. The van der Waals surface area contributed by atoms with Gasteiger partial charge in [0.1, 0.15) is 12.1 Å². The molecule has 0 bridgehead atoms. The van der Waals surface area contributed by atoms with Crippen LogP contribution in [0.15, 0.2) is 0 Å². The van der Waals surface area contributed by atoms with Crippen LogP contribution in [0.25, 0.3) is 0 Å². The van der Waals surface area contributed by atoms with Crippen molar-refractivity contribution >= 4 is 11.8 Å². The van der Waals surface area contributed by atoms with Crippen molar-refractivity contribution < 1.29 is 9.59 Å². The molecule has 0 aromatic rings. The van der Waals surface area contributed by atoms with Crippen LogP contribution in [0.2, 0.25) is 0 Å². The Balaban J connectivity index is 2.19. The molecule has 72 valence electrons. The van der Waals surface area contributed by atoms with Crippen LogP contribution in [-0.4, -0.2) is 48.4 Å². The maximum atomic E-state index is 11.6. The van der Waals surface area contributed by atoms with E-state index >= 15 is 0 Å². The van der Waals surface area contributed by atoms with Crippen molar-refractivity contribution in [2.24, 2.45) is 0 Å². The van der Waals surface area contributed by atoms with Gasteiger partial charge in [0.25, 0.3) is 0 Å². The molecule has 5 nitrogen and oxygen atoms in total. The van der Waals surface area contributed by atoms with Crippen molar-refractivity contribution in [3.63, 3.8) is 0 Å². The first-order valence-corrected chi connectivity index (χ1v) is 4.52. The van der Waals surface area contributed by atoms with Crippen LogP contribution in [0.5, 0.6) is 0 Å². The minimum absolute atomic E-state index is 0.0334. The van der Waals surface area contributed by atoms with Crippen LogP contribution in [-0.2, 0) is 9.59 Å². The van der Waals surface area contributed by atoms with E-state index in [4.69, 9.17) is 0 Å². The second-order valence-electron chi connectivity index (χ2n) is 3.48. The van der Waals surface area contributed by atoms with Gasteiger partial charge in [0.15, 0.2) is 0 Å². The predicted octanol–water partition coefficient (Wildman–Crippen LogP) is -1.69. The molecule has 2 saturated heterocycles. The third kappa shape index (κ3) is 1.29. The second kappa shape index (κ2) is 2.99. The summed E-state index contributed by atoms with van der Waals surface area (Å²) in [4.78, 5) is 24.7. The molecule has 0 spiro atoms. The van der Waals surface area contributed by atoms with Gasteiger partial charge in [-0.25, -0.2) is 0 Å². The molecule has 0 saturated carbocycles. The van der Waals surface area contributed by atoms with Gasteiger partial charge in [0, 0.05) is 19.6 Å². The first-order chi connectivity index (χ1) is 6.20. The average molecular weight is 183 g/mol. The summed E-state index contributed by atoms with van der Waals surface area (Å²) in [6.07, 6.45) is 0. The van der Waals surface area contributed by atoms with Gasteiger partial charge >= 0.3 is 0 Å². The standard InChI is InChI=1S/C8H13N3O2/c1-5-8(13)11-3-2-9-4-6(11)7(12)10-5/h5-6,9H,2-4H2,1H3,(H,10,12)/t5-,6-/m0/s1. The molecule has 2 amide bonds. The Hall–Kier alpha value is -1.10. The lowest BCUT2D eigenvalue weighted by molar-refractivity contribution is -0.149. The van der Waals surface area contributed by atoms with E-state index in [9.17, 15) is 9.59 Å². The van der Waals surface area contributed by atoms with Gasteiger partial charge in [-0.15, -0.1) is 0 Å². The number of hydrogen-bond donors (Lipinski definition) is 2. The molecule has 0 aromatic carbocycles. The average Bonchev–Trinajstić information content (AvgIpc) is 2.15. The van der Waals surface area contributed by atoms with Crippen molar-refractivity contribution in [1.29, 1.82) is 0 Å². The minimum Gasteiger partial charge on any atom is -0.343 e. The molecular weight excluding hydrogens is 170 g/mol. The highest BCUT2D eigenvalue weighted by atomic mass is 16.2. The zero-order valence-corrected chi connectivity index (χ0v) is 7.54. The topological polar surface area (TPSA) is 61.4 Å². The smallest absolute Gasteiger partial charge is 0.245 e. The molecule has 13 heavy (non-hydrogen) atoms. The molecule has 2 fully saturated rings. The summed E-state index contributed by atoms with van der Waals surface area (Å²) in [5.41, 5.74) is 0. The number of piperazine rings is 2. The number of nitrogens with zero attached hydrogens (tertiary/aromatic N) is 1. The van der Waals surface area contributed by atoms with E-state index in [1.54, 1.807) is 11.8 Å².